The molecule has 0 saturated carbocycles. The summed E-state index contributed by atoms with van der Waals surface area (Å²) in [5.41, 5.74) is 0. The van der Waals surface area contributed by atoms with E-state index >= 15 is 0 Å². The minimum atomic E-state index is -4.89. The fraction of sp³-hybridized carbons (Fsp3) is 0.583. The first-order chi connectivity index (χ1) is 30.8. The lowest BCUT2D eigenvalue weighted by atomic mass is 10.1. The Kier molecular flexibility index (Phi) is 40.2. The van der Waals surface area contributed by atoms with Crippen molar-refractivity contribution in [3.8, 4) is 0 Å². The molecule has 0 aliphatic rings. The van der Waals surface area contributed by atoms with Gasteiger partial charge in [-0.1, -0.05) is 155 Å². The van der Waals surface area contributed by atoms with Crippen molar-refractivity contribution in [2.75, 3.05) is 26.4 Å². The molecule has 2 unspecified atom stereocenters. The highest BCUT2D eigenvalue weighted by Crippen LogP contribution is 2.43. The summed E-state index contributed by atoms with van der Waals surface area (Å²) in [5.74, 6) is -1.23. The van der Waals surface area contributed by atoms with E-state index < -0.39 is 72.3 Å². The van der Waals surface area contributed by atoms with Crippen LogP contribution < -0.4 is 0 Å². The number of hydrogen-bond acceptors (Lipinski definition) is 11. The number of aliphatic hydroxyl groups excluding tert-OH is 2. The van der Waals surface area contributed by atoms with Crippen LogP contribution in [0.1, 0.15) is 136 Å². The highest BCUT2D eigenvalue weighted by atomic mass is 31.2. The third kappa shape index (κ3) is 45.3. The van der Waals surface area contributed by atoms with Crippen molar-refractivity contribution in [3.63, 3.8) is 0 Å². The monoisotopic (exact) mass is 940 g/mol. The van der Waals surface area contributed by atoms with Crippen molar-refractivity contribution >= 4 is 27.6 Å². The number of phosphoric ester groups is 2. The van der Waals surface area contributed by atoms with Crippen molar-refractivity contribution in [2.24, 2.45) is 0 Å². The molecule has 0 aromatic rings. The van der Waals surface area contributed by atoms with Gasteiger partial charge in [0.2, 0.25) is 0 Å². The largest absolute Gasteiger partial charge is 0.472 e. The van der Waals surface area contributed by atoms with Gasteiger partial charge in [-0.3, -0.25) is 23.2 Å². The van der Waals surface area contributed by atoms with Crippen molar-refractivity contribution < 1.29 is 66.7 Å². The normalized spacial score (nSPS) is 15.4. The summed E-state index contributed by atoms with van der Waals surface area (Å²) in [6.45, 7) is 1.40. The Balaban J connectivity index is 4.77. The highest BCUT2D eigenvalue weighted by Gasteiger charge is 2.28. The van der Waals surface area contributed by atoms with Gasteiger partial charge in [0.15, 0.2) is 6.10 Å². The molecule has 0 bridgehead atoms. The lowest BCUT2D eigenvalue weighted by Crippen LogP contribution is -2.29. The number of hydrogen-bond donors (Lipinski definition) is 5. The Labute approximate surface area is 383 Å². The van der Waals surface area contributed by atoms with Gasteiger partial charge in [-0.15, -0.1) is 0 Å². The molecule has 0 aromatic carbocycles. The number of rotatable bonds is 41. The summed E-state index contributed by atoms with van der Waals surface area (Å²) in [4.78, 5) is 52.7. The first-order valence-corrected chi connectivity index (χ1v) is 25.7. The Morgan fingerprint density at radius 3 is 1.70 bits per heavy atom. The van der Waals surface area contributed by atoms with Crippen molar-refractivity contribution in [2.45, 2.75) is 154 Å². The van der Waals surface area contributed by atoms with Gasteiger partial charge >= 0.3 is 27.6 Å². The van der Waals surface area contributed by atoms with Crippen LogP contribution in [0.25, 0.3) is 0 Å². The molecule has 16 heteroatoms. The van der Waals surface area contributed by atoms with Gasteiger partial charge in [0.25, 0.3) is 0 Å². The first-order valence-electron chi connectivity index (χ1n) is 22.7. The van der Waals surface area contributed by atoms with Gasteiger partial charge in [-0.05, 0) is 77.0 Å². The second kappa shape index (κ2) is 42.4. The molecule has 0 fully saturated rings. The fourth-order valence-electron chi connectivity index (χ4n) is 5.30. The molecule has 0 saturated heterocycles. The Morgan fingerprint density at radius 1 is 0.531 bits per heavy atom. The average molecular weight is 941 g/mol. The van der Waals surface area contributed by atoms with Crippen LogP contribution in [0.15, 0.2) is 109 Å². The number of unbranched alkanes of at least 4 members (excludes halogenated alkanes) is 7. The van der Waals surface area contributed by atoms with Crippen molar-refractivity contribution in [1.29, 1.82) is 0 Å². The molecule has 0 heterocycles. The van der Waals surface area contributed by atoms with Gasteiger partial charge in [-0.25, -0.2) is 9.13 Å². The molecule has 364 valence electrons. The SMILES string of the molecule is CC/C=C\C/C=C\CC(O)/C=C/C=C\C/C=C\C/C=C\CCC(=O)OC[C@H](COP(=O)(O)OC[C@@H](O)COP(=O)(O)O)OC(=O)CCC/C=C\C/C=C\C/C=C\CCCCCCCC. The molecule has 0 spiro atoms. The Bertz CT molecular complexity index is 1560. The lowest BCUT2D eigenvalue weighted by Gasteiger charge is -2.20. The van der Waals surface area contributed by atoms with E-state index in [1.165, 1.54) is 38.5 Å². The Morgan fingerprint density at radius 2 is 1.06 bits per heavy atom. The van der Waals surface area contributed by atoms with E-state index in [1.807, 2.05) is 66.8 Å². The molecule has 0 aromatic heterocycles. The summed E-state index contributed by atoms with van der Waals surface area (Å²) < 4.78 is 47.6. The van der Waals surface area contributed by atoms with Crippen molar-refractivity contribution in [3.05, 3.63) is 109 Å². The van der Waals surface area contributed by atoms with Gasteiger partial charge in [0.1, 0.15) is 12.7 Å². The van der Waals surface area contributed by atoms with Crippen molar-refractivity contribution in [1.82, 2.24) is 0 Å². The Hall–Kier alpha value is -3.26. The molecule has 4 atom stereocenters. The molecule has 0 aliphatic carbocycles. The average Bonchev–Trinajstić information content (AvgIpc) is 3.25. The highest BCUT2D eigenvalue weighted by molar-refractivity contribution is 7.47. The zero-order chi connectivity index (χ0) is 47.4. The van der Waals surface area contributed by atoms with Crippen LogP contribution in [0, 0.1) is 0 Å². The summed E-state index contributed by atoms with van der Waals surface area (Å²) in [6.07, 6.45) is 48.4. The summed E-state index contributed by atoms with van der Waals surface area (Å²) >= 11 is 0. The minimum Gasteiger partial charge on any atom is -0.462 e. The van der Waals surface area contributed by atoms with Crippen LogP contribution >= 0.6 is 15.6 Å². The van der Waals surface area contributed by atoms with Gasteiger partial charge < -0.3 is 34.4 Å². The molecule has 0 radical (unpaired) electrons. The molecular formula is C48H78O14P2. The minimum absolute atomic E-state index is 0.0274. The van der Waals surface area contributed by atoms with Crippen LogP contribution in [0.3, 0.4) is 0 Å². The standard InChI is InChI=1S/C48H78O14P2/c1-3-5-7-9-11-12-13-14-15-16-17-18-19-24-27-31-35-39-48(52)62-46(43-61-64(56,57)60-41-45(50)40-59-63(53,54)55)42-58-47(51)38-34-30-26-23-21-20-22-25-29-33-37-44(49)36-32-28-10-8-6-4-2/h6,8,14-15,17-18,20-21,24-30,32-33,37,44-46,49-50H,3-5,7,9-13,16,19,22-23,31,34-36,38-43H2,1-2H3,(H,56,57)(H2,53,54,55)/b8-6-,15-14-,18-17-,21-20-,27-24-,29-25-,30-26-,32-28-,37-33+/t44?,45-,46+/m0/s1. The van der Waals surface area contributed by atoms with E-state index in [-0.39, 0.29) is 12.8 Å². The number of allylic oxidation sites excluding steroid dienone is 16. The predicted molar refractivity (Wildman–Crippen MR) is 254 cm³/mol. The van der Waals surface area contributed by atoms with E-state index in [1.54, 1.807) is 6.08 Å². The van der Waals surface area contributed by atoms with Crippen LogP contribution in [0.2, 0.25) is 0 Å². The van der Waals surface area contributed by atoms with Crippen LogP contribution in [-0.4, -0.2) is 81.6 Å². The third-order valence-electron chi connectivity index (χ3n) is 8.73. The van der Waals surface area contributed by atoms with E-state index in [9.17, 15) is 33.8 Å². The molecular weight excluding hydrogens is 862 g/mol. The van der Waals surface area contributed by atoms with Crippen LogP contribution in [0.5, 0.6) is 0 Å². The fourth-order valence-corrected chi connectivity index (χ4v) is 6.45. The number of aliphatic hydroxyl groups is 2. The number of esters is 2. The quantitative estimate of drug-likeness (QED) is 0.0127. The lowest BCUT2D eigenvalue weighted by molar-refractivity contribution is -0.161. The summed E-state index contributed by atoms with van der Waals surface area (Å²) in [6, 6.07) is 0. The second-order valence-corrected chi connectivity index (χ2v) is 17.5. The number of phosphoric acid groups is 2. The first kappa shape index (κ1) is 60.7. The summed E-state index contributed by atoms with van der Waals surface area (Å²) in [5, 5.41) is 19.8. The van der Waals surface area contributed by atoms with E-state index in [0.29, 0.717) is 32.1 Å². The predicted octanol–water partition coefficient (Wildman–Crippen LogP) is 10.9. The number of carbonyl (C=O) groups is 2. The smallest absolute Gasteiger partial charge is 0.462 e. The molecule has 5 N–H and O–H groups in total. The second-order valence-electron chi connectivity index (χ2n) is 14.8. The molecule has 0 aliphatic heterocycles. The maximum absolute atomic E-state index is 12.7. The van der Waals surface area contributed by atoms with E-state index in [0.717, 1.165) is 38.5 Å². The molecule has 0 rings (SSSR count). The molecule has 14 nitrogen and oxygen atoms in total. The maximum atomic E-state index is 12.7. The maximum Gasteiger partial charge on any atom is 0.472 e. The topological polar surface area (TPSA) is 216 Å². The van der Waals surface area contributed by atoms with E-state index in [2.05, 4.69) is 59.4 Å². The molecule has 0 amide bonds. The van der Waals surface area contributed by atoms with Gasteiger partial charge in [-0.2, -0.15) is 0 Å². The zero-order valence-electron chi connectivity index (χ0n) is 38.2. The van der Waals surface area contributed by atoms with Crippen LogP contribution in [-0.2, 0) is 41.8 Å². The number of carbonyl (C=O) groups excluding carboxylic acids is 2. The summed E-state index contributed by atoms with van der Waals surface area (Å²) in [7, 11) is -9.74. The number of ether oxygens (including phenoxy) is 2. The van der Waals surface area contributed by atoms with Crippen LogP contribution in [0.4, 0.5) is 0 Å². The molecule has 64 heavy (non-hydrogen) atoms. The van der Waals surface area contributed by atoms with Gasteiger partial charge in [0, 0.05) is 12.8 Å². The third-order valence-corrected chi connectivity index (χ3v) is 10.2. The van der Waals surface area contributed by atoms with Gasteiger partial charge in [0.05, 0.1) is 25.9 Å². The zero-order valence-corrected chi connectivity index (χ0v) is 40.0. The van der Waals surface area contributed by atoms with E-state index in [4.69, 9.17) is 23.8 Å².